The average molecular weight is 302 g/mol. The van der Waals surface area contributed by atoms with Gasteiger partial charge in [0.2, 0.25) is 5.13 Å². The number of aryl methyl sites for hydroxylation is 1. The number of carbonyl (C=O) groups is 1. The van der Waals surface area contributed by atoms with E-state index in [9.17, 15) is 4.79 Å². The number of hydrogen-bond acceptors (Lipinski definition) is 6. The van der Waals surface area contributed by atoms with Gasteiger partial charge < -0.3 is 10.7 Å². The Bertz CT molecular complexity index is 751. The molecule has 0 aliphatic rings. The van der Waals surface area contributed by atoms with Crippen molar-refractivity contribution in [3.05, 3.63) is 35.1 Å². The molecule has 0 saturated carbocycles. The lowest BCUT2D eigenvalue weighted by Crippen LogP contribution is -2.11. The summed E-state index contributed by atoms with van der Waals surface area (Å²) in [5.74, 6) is 0.670. The molecule has 0 bridgehead atoms. The maximum absolute atomic E-state index is 12.1. The predicted molar refractivity (Wildman–Crippen MR) is 81.3 cm³/mol. The van der Waals surface area contributed by atoms with Gasteiger partial charge in [0.05, 0.1) is 11.0 Å². The number of nitrogens with one attached hydrogen (secondary N) is 2. The Morgan fingerprint density at radius 2 is 2.33 bits per heavy atom. The average Bonchev–Trinajstić information content (AvgIpc) is 3.12. The molecule has 8 heteroatoms. The summed E-state index contributed by atoms with van der Waals surface area (Å²) in [7, 11) is 0. The number of anilines is 1. The van der Waals surface area contributed by atoms with E-state index < -0.39 is 0 Å². The van der Waals surface area contributed by atoms with E-state index in [0.29, 0.717) is 17.2 Å². The van der Waals surface area contributed by atoms with Crippen molar-refractivity contribution in [1.82, 2.24) is 20.2 Å². The van der Waals surface area contributed by atoms with Gasteiger partial charge in [-0.15, -0.1) is 10.2 Å². The van der Waals surface area contributed by atoms with Crippen molar-refractivity contribution in [2.45, 2.75) is 12.8 Å². The molecule has 21 heavy (non-hydrogen) atoms. The number of nitrogens with zero attached hydrogens (tertiary/aromatic N) is 3. The second-order valence-corrected chi connectivity index (χ2v) is 5.34. The van der Waals surface area contributed by atoms with Crippen LogP contribution in [-0.2, 0) is 6.42 Å². The van der Waals surface area contributed by atoms with Crippen molar-refractivity contribution in [2.24, 2.45) is 5.73 Å². The molecule has 0 aliphatic carbocycles. The normalized spacial score (nSPS) is 10.9. The van der Waals surface area contributed by atoms with Gasteiger partial charge in [-0.2, -0.15) is 0 Å². The number of carbonyl (C=O) groups excluding carboxylic acids is 1. The molecular formula is C13H14N6OS. The quantitative estimate of drug-likeness (QED) is 0.662. The minimum Gasteiger partial charge on any atom is -0.342 e. The fourth-order valence-corrected chi connectivity index (χ4v) is 2.43. The van der Waals surface area contributed by atoms with Crippen molar-refractivity contribution in [3.8, 4) is 0 Å². The number of rotatable bonds is 5. The number of amides is 1. The molecule has 2 heterocycles. The van der Waals surface area contributed by atoms with Crippen LogP contribution in [0.1, 0.15) is 22.6 Å². The molecule has 7 nitrogen and oxygen atoms in total. The van der Waals surface area contributed by atoms with Crippen LogP contribution in [0.15, 0.2) is 23.7 Å². The van der Waals surface area contributed by atoms with Crippen molar-refractivity contribution in [3.63, 3.8) is 0 Å². The van der Waals surface area contributed by atoms with Crippen LogP contribution < -0.4 is 11.1 Å². The molecule has 1 aromatic carbocycles. The van der Waals surface area contributed by atoms with Crippen molar-refractivity contribution < 1.29 is 4.79 Å². The maximum atomic E-state index is 12.1. The molecule has 108 valence electrons. The number of nitrogens with two attached hydrogens (primary N) is 1. The summed E-state index contributed by atoms with van der Waals surface area (Å²) in [6.45, 7) is 0.631. The molecule has 0 atom stereocenters. The highest BCUT2D eigenvalue weighted by molar-refractivity contribution is 7.13. The first-order chi connectivity index (χ1) is 10.3. The fourth-order valence-electron chi connectivity index (χ4n) is 1.99. The van der Waals surface area contributed by atoms with Crippen LogP contribution in [0.3, 0.4) is 0 Å². The van der Waals surface area contributed by atoms with Gasteiger partial charge >= 0.3 is 0 Å². The Labute approximate surface area is 124 Å². The lowest BCUT2D eigenvalue weighted by atomic mass is 10.2. The summed E-state index contributed by atoms with van der Waals surface area (Å²) in [5.41, 5.74) is 9.29. The molecule has 3 aromatic rings. The summed E-state index contributed by atoms with van der Waals surface area (Å²) in [6, 6.07) is 5.35. The third-order valence-electron chi connectivity index (χ3n) is 2.99. The largest absolute Gasteiger partial charge is 0.342 e. The zero-order valence-corrected chi connectivity index (χ0v) is 12.0. The number of fused-ring (bicyclic) bond motifs is 1. The zero-order valence-electron chi connectivity index (χ0n) is 11.2. The van der Waals surface area contributed by atoms with Gasteiger partial charge in [0, 0.05) is 12.0 Å². The number of hydrogen-bond donors (Lipinski definition) is 3. The van der Waals surface area contributed by atoms with Crippen LogP contribution in [0.5, 0.6) is 0 Å². The van der Waals surface area contributed by atoms with Crippen LogP contribution in [0, 0.1) is 0 Å². The summed E-state index contributed by atoms with van der Waals surface area (Å²) < 4.78 is 0. The summed E-state index contributed by atoms with van der Waals surface area (Å²) >= 11 is 1.28. The van der Waals surface area contributed by atoms with E-state index in [-0.39, 0.29) is 5.91 Å². The van der Waals surface area contributed by atoms with E-state index in [1.54, 1.807) is 17.6 Å². The lowest BCUT2D eigenvalue weighted by molar-refractivity contribution is 0.102. The molecular weight excluding hydrogens is 288 g/mol. The highest BCUT2D eigenvalue weighted by atomic mass is 32.1. The summed E-state index contributed by atoms with van der Waals surface area (Å²) in [6.07, 6.45) is 1.68. The first-order valence-electron chi connectivity index (χ1n) is 6.52. The number of aromatic amines is 1. The third-order valence-corrected chi connectivity index (χ3v) is 3.60. The highest BCUT2D eigenvalue weighted by Gasteiger charge is 2.10. The molecule has 0 saturated heterocycles. The van der Waals surface area contributed by atoms with E-state index >= 15 is 0 Å². The van der Waals surface area contributed by atoms with E-state index in [1.807, 2.05) is 6.07 Å². The number of imidazole rings is 1. The van der Waals surface area contributed by atoms with Crippen LogP contribution in [0.2, 0.25) is 0 Å². The number of aromatic nitrogens is 4. The SMILES string of the molecule is NCCCc1nc2ccc(C(=O)Nc3nncs3)cc2[nH]1. The smallest absolute Gasteiger partial charge is 0.257 e. The summed E-state index contributed by atoms with van der Waals surface area (Å²) in [5, 5.41) is 10.6. The molecule has 2 aromatic heterocycles. The second kappa shape index (κ2) is 5.98. The minimum absolute atomic E-state index is 0.216. The Morgan fingerprint density at radius 3 is 3.10 bits per heavy atom. The Hall–Kier alpha value is -2.32. The number of benzene rings is 1. The topological polar surface area (TPSA) is 110 Å². The molecule has 0 unspecified atom stereocenters. The first-order valence-corrected chi connectivity index (χ1v) is 7.40. The third kappa shape index (κ3) is 3.06. The standard InChI is InChI=1S/C13H14N6OS/c14-5-1-2-11-16-9-4-3-8(6-10(9)17-11)12(20)18-13-19-15-7-21-13/h3-4,6-7H,1-2,5,14H2,(H,16,17)(H,18,19,20). The molecule has 4 N–H and O–H groups in total. The van der Waals surface area contributed by atoms with Crippen molar-refractivity contribution in [2.75, 3.05) is 11.9 Å². The van der Waals surface area contributed by atoms with Gasteiger partial charge in [-0.05, 0) is 31.2 Å². The minimum atomic E-state index is -0.216. The molecule has 0 radical (unpaired) electrons. The molecule has 1 amide bonds. The van der Waals surface area contributed by atoms with E-state index in [2.05, 4.69) is 25.5 Å². The van der Waals surface area contributed by atoms with Crippen LogP contribution >= 0.6 is 11.3 Å². The monoisotopic (exact) mass is 302 g/mol. The van der Waals surface area contributed by atoms with Crippen molar-refractivity contribution >= 4 is 33.4 Å². The van der Waals surface area contributed by atoms with Crippen molar-refractivity contribution in [1.29, 1.82) is 0 Å². The maximum Gasteiger partial charge on any atom is 0.257 e. The Balaban J connectivity index is 1.81. The van der Waals surface area contributed by atoms with Gasteiger partial charge in [0.1, 0.15) is 11.3 Å². The molecule has 3 rings (SSSR count). The Morgan fingerprint density at radius 1 is 1.43 bits per heavy atom. The van der Waals surface area contributed by atoms with Gasteiger partial charge in [0.15, 0.2) is 0 Å². The Kier molecular flexibility index (Phi) is 3.89. The van der Waals surface area contributed by atoms with Crippen LogP contribution in [-0.4, -0.2) is 32.6 Å². The first kappa shape index (κ1) is 13.7. The molecule has 0 aliphatic heterocycles. The lowest BCUT2D eigenvalue weighted by Gasteiger charge is -2.00. The van der Waals surface area contributed by atoms with E-state index in [4.69, 9.17) is 5.73 Å². The van der Waals surface area contributed by atoms with Crippen LogP contribution in [0.4, 0.5) is 5.13 Å². The van der Waals surface area contributed by atoms with Gasteiger partial charge in [0.25, 0.3) is 5.91 Å². The van der Waals surface area contributed by atoms with Gasteiger partial charge in [-0.3, -0.25) is 10.1 Å². The molecule has 0 spiro atoms. The predicted octanol–water partition coefficient (Wildman–Crippen LogP) is 1.56. The van der Waals surface area contributed by atoms with E-state index in [1.165, 1.54) is 11.3 Å². The van der Waals surface area contributed by atoms with Gasteiger partial charge in [-0.25, -0.2) is 4.98 Å². The number of H-pyrrole nitrogens is 1. The fraction of sp³-hybridized carbons (Fsp3) is 0.231. The highest BCUT2D eigenvalue weighted by Crippen LogP contribution is 2.16. The van der Waals surface area contributed by atoms with E-state index in [0.717, 1.165) is 29.7 Å². The molecule has 0 fully saturated rings. The second-order valence-electron chi connectivity index (χ2n) is 4.51. The summed E-state index contributed by atoms with van der Waals surface area (Å²) in [4.78, 5) is 19.8. The zero-order chi connectivity index (χ0) is 14.7. The van der Waals surface area contributed by atoms with Gasteiger partial charge in [-0.1, -0.05) is 11.3 Å². The van der Waals surface area contributed by atoms with Crippen LogP contribution in [0.25, 0.3) is 11.0 Å².